The number of urea groups is 1. The molecule has 0 bridgehead atoms. The van der Waals surface area contributed by atoms with Crippen LogP contribution in [0.1, 0.15) is 23.2 Å². The van der Waals surface area contributed by atoms with Gasteiger partial charge in [-0.2, -0.15) is 5.10 Å². The van der Waals surface area contributed by atoms with Crippen molar-refractivity contribution in [3.63, 3.8) is 0 Å². The van der Waals surface area contributed by atoms with Gasteiger partial charge in [0.25, 0.3) is 0 Å². The van der Waals surface area contributed by atoms with Gasteiger partial charge in [0.2, 0.25) is 5.91 Å². The molecule has 2 rings (SSSR count). The maximum Gasteiger partial charge on any atom is 0.337 e. The molecular formula is C16H20N4O5. The zero-order valence-electron chi connectivity index (χ0n) is 14.0. The first-order valence-corrected chi connectivity index (χ1v) is 7.69. The summed E-state index contributed by atoms with van der Waals surface area (Å²) >= 11 is 0. The summed E-state index contributed by atoms with van der Waals surface area (Å²) in [6, 6.07) is 4.17. The number of rotatable bonds is 7. The van der Waals surface area contributed by atoms with Gasteiger partial charge >= 0.3 is 12.0 Å². The average Bonchev–Trinajstić information content (AvgIpc) is 3.03. The number of nitrogens with zero attached hydrogens (tertiary/aromatic N) is 1. The van der Waals surface area contributed by atoms with E-state index < -0.39 is 12.0 Å². The van der Waals surface area contributed by atoms with Crippen LogP contribution in [-0.2, 0) is 9.53 Å². The molecule has 3 N–H and O–H groups in total. The minimum atomic E-state index is -0.492. The zero-order valence-corrected chi connectivity index (χ0v) is 14.0. The van der Waals surface area contributed by atoms with Crippen LogP contribution in [0.5, 0.6) is 5.75 Å². The fraction of sp³-hybridized carbons (Fsp3) is 0.375. The van der Waals surface area contributed by atoms with Crippen LogP contribution in [0.4, 0.5) is 10.5 Å². The van der Waals surface area contributed by atoms with E-state index in [0.717, 1.165) is 0 Å². The molecule has 1 aromatic carbocycles. The topological polar surface area (TPSA) is 118 Å². The van der Waals surface area contributed by atoms with Gasteiger partial charge in [-0.25, -0.2) is 15.0 Å². The lowest BCUT2D eigenvalue weighted by Gasteiger charge is -2.12. The molecule has 25 heavy (non-hydrogen) atoms. The molecule has 0 fully saturated rings. The molecule has 1 aliphatic rings. The minimum absolute atomic E-state index is 0.125. The smallest absolute Gasteiger partial charge is 0.337 e. The van der Waals surface area contributed by atoms with Crippen LogP contribution < -0.4 is 20.8 Å². The largest absolute Gasteiger partial charge is 0.495 e. The first-order chi connectivity index (χ1) is 12.0. The molecule has 0 saturated heterocycles. The van der Waals surface area contributed by atoms with Crippen LogP contribution in [0.15, 0.2) is 23.3 Å². The Kier molecular flexibility index (Phi) is 6.33. The number of anilines is 1. The van der Waals surface area contributed by atoms with Gasteiger partial charge in [-0.15, -0.1) is 0 Å². The van der Waals surface area contributed by atoms with Crippen LogP contribution in [0, 0.1) is 5.92 Å². The standard InChI is InChI=1S/C16H20N4O5/c1-24-13-8-10(15(22)25-2)5-6-12(13)19-16(23)17-7-3-4-11-9-18-20-14(11)21/h5-6,8-9,11H,3-4,7H2,1-2H3,(H,20,21)(H2,17,19,23). The van der Waals surface area contributed by atoms with Crippen LogP contribution >= 0.6 is 0 Å². The molecule has 1 unspecified atom stereocenters. The Balaban J connectivity index is 1.82. The molecule has 0 aliphatic carbocycles. The molecule has 1 aromatic rings. The van der Waals surface area contributed by atoms with E-state index in [0.29, 0.717) is 36.4 Å². The fourth-order valence-electron chi connectivity index (χ4n) is 2.28. The number of hydrogen-bond donors (Lipinski definition) is 3. The molecular weight excluding hydrogens is 328 g/mol. The predicted octanol–water partition coefficient (Wildman–Crippen LogP) is 1.12. The maximum absolute atomic E-state index is 11.9. The minimum Gasteiger partial charge on any atom is -0.495 e. The predicted molar refractivity (Wildman–Crippen MR) is 90.7 cm³/mol. The van der Waals surface area contributed by atoms with Gasteiger partial charge in [0.15, 0.2) is 0 Å². The summed E-state index contributed by atoms with van der Waals surface area (Å²) in [7, 11) is 2.73. The van der Waals surface area contributed by atoms with Crippen molar-refractivity contribution < 1.29 is 23.9 Å². The molecule has 0 aromatic heterocycles. The third kappa shape index (κ3) is 4.93. The number of amides is 3. The SMILES string of the molecule is COC(=O)c1ccc(NC(=O)NCCCC2C=NNC2=O)c(OC)c1. The lowest BCUT2D eigenvalue weighted by molar-refractivity contribution is -0.122. The van der Waals surface area contributed by atoms with E-state index in [-0.39, 0.29) is 11.8 Å². The van der Waals surface area contributed by atoms with E-state index in [1.807, 2.05) is 0 Å². The summed E-state index contributed by atoms with van der Waals surface area (Å²) in [6.07, 6.45) is 2.80. The normalized spacial score (nSPS) is 15.4. The first kappa shape index (κ1) is 18.2. The molecule has 1 aliphatic heterocycles. The Hall–Kier alpha value is -3.10. The highest BCUT2D eigenvalue weighted by atomic mass is 16.5. The summed E-state index contributed by atoms with van der Waals surface area (Å²) in [6.45, 7) is 0.409. The number of hydrogen-bond acceptors (Lipinski definition) is 6. The van der Waals surface area contributed by atoms with E-state index in [1.54, 1.807) is 12.3 Å². The van der Waals surface area contributed by atoms with Crippen molar-refractivity contribution in [1.82, 2.24) is 10.7 Å². The number of benzene rings is 1. The molecule has 134 valence electrons. The van der Waals surface area contributed by atoms with Crippen LogP contribution in [0.3, 0.4) is 0 Å². The van der Waals surface area contributed by atoms with Crippen LogP contribution in [0.2, 0.25) is 0 Å². The molecule has 9 heteroatoms. The average molecular weight is 348 g/mol. The van der Waals surface area contributed by atoms with Crippen molar-refractivity contribution in [2.75, 3.05) is 26.1 Å². The quantitative estimate of drug-likeness (QED) is 0.504. The van der Waals surface area contributed by atoms with Crippen LogP contribution in [-0.4, -0.2) is 44.9 Å². The number of hydrazone groups is 1. The van der Waals surface area contributed by atoms with Crippen molar-refractivity contribution in [2.45, 2.75) is 12.8 Å². The van der Waals surface area contributed by atoms with Crippen molar-refractivity contribution in [3.05, 3.63) is 23.8 Å². The molecule has 0 radical (unpaired) electrons. The third-order valence-corrected chi connectivity index (χ3v) is 3.61. The van der Waals surface area contributed by atoms with Crippen molar-refractivity contribution in [1.29, 1.82) is 0 Å². The van der Waals surface area contributed by atoms with Gasteiger partial charge in [0.05, 0.1) is 31.4 Å². The van der Waals surface area contributed by atoms with Gasteiger partial charge in [-0.05, 0) is 31.0 Å². The third-order valence-electron chi connectivity index (χ3n) is 3.61. The molecule has 9 nitrogen and oxygen atoms in total. The van der Waals surface area contributed by atoms with Gasteiger partial charge in [-0.1, -0.05) is 0 Å². The summed E-state index contributed by atoms with van der Waals surface area (Å²) < 4.78 is 9.82. The van der Waals surface area contributed by atoms with Gasteiger partial charge in [0.1, 0.15) is 5.75 Å². The number of esters is 1. The molecule has 3 amide bonds. The number of carbonyl (C=O) groups is 3. The summed E-state index contributed by atoms with van der Waals surface area (Å²) in [5, 5.41) is 9.04. The lowest BCUT2D eigenvalue weighted by atomic mass is 10.1. The Labute approximate surface area is 144 Å². The van der Waals surface area contributed by atoms with E-state index in [2.05, 4.69) is 25.9 Å². The highest BCUT2D eigenvalue weighted by Crippen LogP contribution is 2.25. The second-order valence-electron chi connectivity index (χ2n) is 5.29. The molecule has 1 atom stereocenters. The Morgan fingerprint density at radius 2 is 2.12 bits per heavy atom. The van der Waals surface area contributed by atoms with E-state index in [4.69, 9.17) is 4.74 Å². The molecule has 1 heterocycles. The zero-order chi connectivity index (χ0) is 18.2. The number of ether oxygens (including phenoxy) is 2. The number of carbonyl (C=O) groups excluding carboxylic acids is 3. The Morgan fingerprint density at radius 3 is 2.76 bits per heavy atom. The second kappa shape index (κ2) is 8.67. The highest BCUT2D eigenvalue weighted by Gasteiger charge is 2.20. The lowest BCUT2D eigenvalue weighted by Crippen LogP contribution is -2.30. The van der Waals surface area contributed by atoms with E-state index in [9.17, 15) is 14.4 Å². The van der Waals surface area contributed by atoms with E-state index in [1.165, 1.54) is 26.4 Å². The summed E-state index contributed by atoms with van der Waals surface area (Å²) in [5.41, 5.74) is 3.11. The highest BCUT2D eigenvalue weighted by molar-refractivity contribution is 5.97. The van der Waals surface area contributed by atoms with Crippen LogP contribution in [0.25, 0.3) is 0 Å². The Morgan fingerprint density at radius 1 is 1.32 bits per heavy atom. The van der Waals surface area contributed by atoms with Crippen molar-refractivity contribution >= 4 is 29.8 Å². The van der Waals surface area contributed by atoms with Gasteiger partial charge in [0, 0.05) is 12.8 Å². The number of methoxy groups -OCH3 is 2. The maximum atomic E-state index is 11.9. The van der Waals surface area contributed by atoms with E-state index >= 15 is 0 Å². The first-order valence-electron chi connectivity index (χ1n) is 7.69. The number of nitrogens with one attached hydrogen (secondary N) is 3. The van der Waals surface area contributed by atoms with Crippen molar-refractivity contribution in [3.8, 4) is 5.75 Å². The van der Waals surface area contributed by atoms with Gasteiger partial charge < -0.3 is 20.1 Å². The summed E-state index contributed by atoms with van der Waals surface area (Å²) in [4.78, 5) is 34.8. The summed E-state index contributed by atoms with van der Waals surface area (Å²) in [5.74, 6) is -0.513. The fourth-order valence-corrected chi connectivity index (χ4v) is 2.28. The monoisotopic (exact) mass is 348 g/mol. The Bertz CT molecular complexity index is 689. The van der Waals surface area contributed by atoms with Gasteiger partial charge in [-0.3, -0.25) is 4.79 Å². The van der Waals surface area contributed by atoms with Crippen molar-refractivity contribution in [2.24, 2.45) is 11.0 Å². The second-order valence-corrected chi connectivity index (χ2v) is 5.29. The molecule has 0 spiro atoms. The molecule has 0 saturated carbocycles.